The first-order chi connectivity index (χ1) is 12.4. The molecule has 3 rings (SSSR count). The first-order valence-corrected chi connectivity index (χ1v) is 8.09. The number of halogens is 1. The average Bonchev–Trinajstić information content (AvgIpc) is 3.03. The Morgan fingerprint density at radius 3 is 2.35 bits per heavy atom. The van der Waals surface area contributed by atoms with E-state index >= 15 is 0 Å². The Bertz CT molecular complexity index is 984. The molecule has 2 amide bonds. The van der Waals surface area contributed by atoms with Crippen molar-refractivity contribution in [2.45, 2.75) is 13.8 Å². The molecule has 132 valence electrons. The number of aryl methyl sites for hydroxylation is 2. The zero-order chi connectivity index (χ0) is 18.7. The minimum Gasteiger partial charge on any atom is -0.360 e. The van der Waals surface area contributed by atoms with E-state index in [4.69, 9.17) is 16.1 Å². The van der Waals surface area contributed by atoms with Crippen molar-refractivity contribution >= 4 is 34.9 Å². The van der Waals surface area contributed by atoms with E-state index in [2.05, 4.69) is 20.8 Å². The quantitative estimate of drug-likeness (QED) is 0.727. The highest BCUT2D eigenvalue weighted by molar-refractivity contribution is 6.31. The maximum absolute atomic E-state index is 12.4. The first kappa shape index (κ1) is 17.6. The third kappa shape index (κ3) is 4.07. The van der Waals surface area contributed by atoms with Gasteiger partial charge >= 0.3 is 0 Å². The van der Waals surface area contributed by atoms with Crippen LogP contribution in [-0.4, -0.2) is 22.0 Å². The van der Waals surface area contributed by atoms with E-state index in [1.54, 1.807) is 37.3 Å². The summed E-state index contributed by atoms with van der Waals surface area (Å²) >= 11 is 5.96. The number of carbonyl (C=O) groups excluding carboxylic acids is 2. The van der Waals surface area contributed by atoms with E-state index in [-0.39, 0.29) is 17.2 Å². The van der Waals surface area contributed by atoms with Gasteiger partial charge in [0.15, 0.2) is 5.82 Å². The molecule has 0 saturated heterocycles. The summed E-state index contributed by atoms with van der Waals surface area (Å²) in [6.07, 6.45) is 0. The predicted octanol–water partition coefficient (Wildman–Crippen LogP) is 3.84. The number of aromatic nitrogens is 2. The van der Waals surface area contributed by atoms with Gasteiger partial charge in [0, 0.05) is 16.8 Å². The van der Waals surface area contributed by atoms with Crippen LogP contribution in [0.3, 0.4) is 0 Å². The van der Waals surface area contributed by atoms with Gasteiger partial charge < -0.3 is 15.2 Å². The topological polar surface area (TPSA) is 97.1 Å². The average molecular weight is 371 g/mol. The van der Waals surface area contributed by atoms with Gasteiger partial charge in [0.05, 0.1) is 0 Å². The van der Waals surface area contributed by atoms with E-state index in [9.17, 15) is 9.59 Å². The van der Waals surface area contributed by atoms with Crippen molar-refractivity contribution in [3.8, 4) is 0 Å². The van der Waals surface area contributed by atoms with Crippen LogP contribution in [0.15, 0.2) is 47.0 Å². The third-order valence-electron chi connectivity index (χ3n) is 3.53. The predicted molar refractivity (Wildman–Crippen MR) is 97.6 cm³/mol. The minimum atomic E-state index is -0.494. The molecule has 3 aromatic rings. The van der Waals surface area contributed by atoms with Crippen LogP contribution in [0, 0.1) is 13.8 Å². The molecule has 7 nitrogen and oxygen atoms in total. The van der Waals surface area contributed by atoms with Crippen LogP contribution in [0.25, 0.3) is 0 Å². The second-order valence-corrected chi connectivity index (χ2v) is 6.03. The van der Waals surface area contributed by atoms with Crippen molar-refractivity contribution in [1.82, 2.24) is 10.1 Å². The van der Waals surface area contributed by atoms with Gasteiger partial charge in [0.2, 0.25) is 0 Å². The maximum Gasteiger partial charge on any atom is 0.275 e. The Balaban J connectivity index is 1.76. The van der Waals surface area contributed by atoms with E-state index in [1.165, 1.54) is 12.1 Å². The fourth-order valence-electron chi connectivity index (χ4n) is 2.21. The smallest absolute Gasteiger partial charge is 0.275 e. The van der Waals surface area contributed by atoms with Gasteiger partial charge in [-0.25, -0.2) is 4.98 Å². The van der Waals surface area contributed by atoms with Gasteiger partial charge in [-0.15, -0.1) is 0 Å². The SMILES string of the molecule is Cc1cc(NC(=O)c2cccc(C(=O)Nc3cc(Cl)ccc3C)n2)no1. The molecule has 0 unspecified atom stereocenters. The highest BCUT2D eigenvalue weighted by Gasteiger charge is 2.15. The van der Waals surface area contributed by atoms with Crippen LogP contribution in [0.4, 0.5) is 11.5 Å². The Hall–Kier alpha value is -3.19. The Kier molecular flexibility index (Phi) is 4.99. The second kappa shape index (κ2) is 7.37. The van der Waals surface area contributed by atoms with Crippen molar-refractivity contribution < 1.29 is 14.1 Å². The molecule has 2 aromatic heterocycles. The van der Waals surface area contributed by atoms with Crippen LogP contribution in [0.2, 0.25) is 5.02 Å². The van der Waals surface area contributed by atoms with Gasteiger partial charge in [0.25, 0.3) is 11.8 Å². The van der Waals surface area contributed by atoms with Gasteiger partial charge in [-0.2, -0.15) is 0 Å². The lowest BCUT2D eigenvalue weighted by Crippen LogP contribution is -2.19. The summed E-state index contributed by atoms with van der Waals surface area (Å²) in [6, 6.07) is 11.4. The van der Waals surface area contributed by atoms with Gasteiger partial charge in [-0.3, -0.25) is 9.59 Å². The van der Waals surface area contributed by atoms with Crippen molar-refractivity contribution in [3.05, 3.63) is 70.2 Å². The second-order valence-electron chi connectivity index (χ2n) is 5.60. The molecule has 0 spiro atoms. The highest BCUT2D eigenvalue weighted by atomic mass is 35.5. The van der Waals surface area contributed by atoms with Crippen LogP contribution >= 0.6 is 11.6 Å². The molecule has 0 aliphatic rings. The number of benzene rings is 1. The normalized spacial score (nSPS) is 10.4. The summed E-state index contributed by atoms with van der Waals surface area (Å²) in [5.74, 6) is -0.0915. The molecule has 0 bridgehead atoms. The van der Waals surface area contributed by atoms with E-state index in [0.717, 1.165) is 5.56 Å². The van der Waals surface area contributed by atoms with Crippen molar-refractivity contribution in [2.24, 2.45) is 0 Å². The largest absolute Gasteiger partial charge is 0.360 e. The monoisotopic (exact) mass is 370 g/mol. The molecule has 8 heteroatoms. The standard InChI is InChI=1S/C18H15ClN4O3/c1-10-6-7-12(19)9-15(10)21-17(24)13-4-3-5-14(20-13)18(25)22-16-8-11(2)26-23-16/h3-9H,1-2H3,(H,21,24)(H,22,23,25). The summed E-state index contributed by atoms with van der Waals surface area (Å²) < 4.78 is 4.89. The molecule has 0 atom stereocenters. The maximum atomic E-state index is 12.4. The fraction of sp³-hybridized carbons (Fsp3) is 0.111. The number of rotatable bonds is 4. The number of nitrogens with zero attached hydrogens (tertiary/aromatic N) is 2. The molecule has 2 N–H and O–H groups in total. The zero-order valence-electron chi connectivity index (χ0n) is 14.0. The van der Waals surface area contributed by atoms with Crippen LogP contribution < -0.4 is 10.6 Å². The summed E-state index contributed by atoms with van der Waals surface area (Å²) in [7, 11) is 0. The molecular formula is C18H15ClN4O3. The number of anilines is 2. The Morgan fingerprint density at radius 2 is 1.69 bits per heavy atom. The molecule has 1 aromatic carbocycles. The van der Waals surface area contributed by atoms with Crippen LogP contribution in [0.5, 0.6) is 0 Å². The summed E-state index contributed by atoms with van der Waals surface area (Å²) in [5.41, 5.74) is 1.63. The van der Waals surface area contributed by atoms with Gasteiger partial charge in [-0.05, 0) is 43.7 Å². The van der Waals surface area contributed by atoms with Crippen molar-refractivity contribution in [3.63, 3.8) is 0 Å². The molecule has 0 aliphatic heterocycles. The minimum absolute atomic E-state index is 0.0844. The molecule has 0 aliphatic carbocycles. The molecule has 0 fully saturated rings. The third-order valence-corrected chi connectivity index (χ3v) is 3.77. The fourth-order valence-corrected chi connectivity index (χ4v) is 2.38. The Morgan fingerprint density at radius 1 is 1.00 bits per heavy atom. The van der Waals surface area contributed by atoms with Crippen LogP contribution in [-0.2, 0) is 0 Å². The summed E-state index contributed by atoms with van der Waals surface area (Å²) in [4.78, 5) is 28.8. The number of amides is 2. The number of carbonyl (C=O) groups is 2. The zero-order valence-corrected chi connectivity index (χ0v) is 14.8. The summed E-state index contributed by atoms with van der Waals surface area (Å²) in [6.45, 7) is 3.56. The molecule has 26 heavy (non-hydrogen) atoms. The van der Waals surface area contributed by atoms with Crippen LogP contribution in [0.1, 0.15) is 32.3 Å². The molecule has 2 heterocycles. The van der Waals surface area contributed by atoms with Gasteiger partial charge in [-0.1, -0.05) is 28.9 Å². The summed E-state index contributed by atoms with van der Waals surface area (Å²) in [5, 5.41) is 9.49. The lowest BCUT2D eigenvalue weighted by molar-refractivity contribution is 0.101. The Labute approximate surface area is 154 Å². The van der Waals surface area contributed by atoms with E-state index in [1.807, 2.05) is 6.92 Å². The van der Waals surface area contributed by atoms with Crippen molar-refractivity contribution in [1.29, 1.82) is 0 Å². The first-order valence-electron chi connectivity index (χ1n) is 7.71. The number of nitrogens with one attached hydrogen (secondary N) is 2. The lowest BCUT2D eigenvalue weighted by atomic mass is 10.2. The highest BCUT2D eigenvalue weighted by Crippen LogP contribution is 2.20. The van der Waals surface area contributed by atoms with Crippen molar-refractivity contribution in [2.75, 3.05) is 10.6 Å². The number of hydrogen-bond donors (Lipinski definition) is 2. The number of hydrogen-bond acceptors (Lipinski definition) is 5. The molecular weight excluding hydrogens is 356 g/mol. The molecule has 0 saturated carbocycles. The number of pyridine rings is 1. The van der Waals surface area contributed by atoms with E-state index < -0.39 is 11.8 Å². The lowest BCUT2D eigenvalue weighted by Gasteiger charge is -2.09. The van der Waals surface area contributed by atoms with Gasteiger partial charge in [0.1, 0.15) is 17.1 Å². The van der Waals surface area contributed by atoms with E-state index in [0.29, 0.717) is 16.5 Å². The molecule has 0 radical (unpaired) electrons.